The predicted octanol–water partition coefficient (Wildman–Crippen LogP) is 4.82. The maximum Gasteiger partial charge on any atom is 0.253 e. The highest BCUT2D eigenvalue weighted by molar-refractivity contribution is 5.95. The molecule has 3 heterocycles. The Bertz CT molecular complexity index is 1150. The fourth-order valence-corrected chi connectivity index (χ4v) is 6.39. The average molecular weight is 534 g/mol. The number of piperidine rings is 1. The molecule has 2 aromatic rings. The van der Waals surface area contributed by atoms with E-state index in [0.29, 0.717) is 38.1 Å². The van der Waals surface area contributed by atoms with Crippen molar-refractivity contribution in [1.29, 1.82) is 0 Å². The Morgan fingerprint density at radius 3 is 2.56 bits per heavy atom. The molecule has 2 aromatic carbocycles. The first kappa shape index (κ1) is 27.5. The van der Waals surface area contributed by atoms with Crippen LogP contribution in [0.5, 0.6) is 11.5 Å². The van der Waals surface area contributed by atoms with Crippen molar-refractivity contribution < 1.29 is 19.1 Å². The molecule has 0 aromatic heterocycles. The van der Waals surface area contributed by atoms with Gasteiger partial charge in [0.05, 0.1) is 18.6 Å². The minimum absolute atomic E-state index is 0.0436. The van der Waals surface area contributed by atoms with Gasteiger partial charge in [-0.2, -0.15) is 0 Å². The van der Waals surface area contributed by atoms with Gasteiger partial charge in [0.15, 0.2) is 0 Å². The number of carbonyl (C=O) groups is 2. The maximum atomic E-state index is 13.6. The topological polar surface area (TPSA) is 71.1 Å². The molecule has 0 bridgehead atoms. The summed E-state index contributed by atoms with van der Waals surface area (Å²) in [5.41, 5.74) is 2.56. The molecular formula is C32H43N3O4. The van der Waals surface area contributed by atoms with Crippen LogP contribution in [0.25, 0.3) is 0 Å². The van der Waals surface area contributed by atoms with E-state index in [2.05, 4.69) is 22.3 Å². The van der Waals surface area contributed by atoms with Crippen LogP contribution in [-0.2, 0) is 17.8 Å². The Hall–Kier alpha value is -3.06. The van der Waals surface area contributed by atoms with E-state index >= 15 is 0 Å². The third-order valence-electron chi connectivity index (χ3n) is 8.80. The quantitative estimate of drug-likeness (QED) is 0.610. The Morgan fingerprint density at radius 1 is 1.03 bits per heavy atom. The van der Waals surface area contributed by atoms with Crippen molar-refractivity contribution in [2.45, 2.75) is 70.9 Å². The molecule has 7 heteroatoms. The molecule has 1 N–H and O–H groups in total. The van der Waals surface area contributed by atoms with Gasteiger partial charge >= 0.3 is 0 Å². The number of hydrogen-bond donors (Lipinski definition) is 1. The van der Waals surface area contributed by atoms with Gasteiger partial charge in [0.1, 0.15) is 18.1 Å². The van der Waals surface area contributed by atoms with Crippen molar-refractivity contribution in [3.8, 4) is 11.5 Å². The van der Waals surface area contributed by atoms with Gasteiger partial charge < -0.3 is 19.7 Å². The summed E-state index contributed by atoms with van der Waals surface area (Å²) < 4.78 is 11.7. The van der Waals surface area contributed by atoms with Crippen molar-refractivity contribution in [2.75, 3.05) is 39.9 Å². The Labute approximate surface area is 232 Å². The summed E-state index contributed by atoms with van der Waals surface area (Å²) in [6, 6.07) is 13.9. The van der Waals surface area contributed by atoms with E-state index in [9.17, 15) is 9.59 Å². The smallest absolute Gasteiger partial charge is 0.253 e. The number of aryl methyl sites for hydroxylation is 1. The molecule has 5 rings (SSSR count). The standard InChI is InChI=1S/C32H43N3O4/c1-24-23-39-29-11-4-3-9-25(29)10-5-6-14-32(31(37)33-24)15-19-35(20-16-32)30(36)26-12-13-28(38-2)27(21-26)22-34-17-7-8-18-34/h3-4,9,11-13,21,24H,5-8,10,14-20,22-23H2,1-2H3,(H,33,37)/t24-/m0/s1. The summed E-state index contributed by atoms with van der Waals surface area (Å²) in [7, 11) is 1.69. The summed E-state index contributed by atoms with van der Waals surface area (Å²) in [5, 5.41) is 3.23. The molecule has 0 saturated carbocycles. The number of ether oxygens (including phenoxy) is 2. The van der Waals surface area contributed by atoms with Crippen LogP contribution in [0.2, 0.25) is 0 Å². The van der Waals surface area contributed by atoms with Gasteiger partial charge in [0, 0.05) is 30.8 Å². The highest BCUT2D eigenvalue weighted by Crippen LogP contribution is 2.38. The van der Waals surface area contributed by atoms with Crippen molar-refractivity contribution in [2.24, 2.45) is 5.41 Å². The van der Waals surface area contributed by atoms with E-state index in [1.165, 1.54) is 18.4 Å². The van der Waals surface area contributed by atoms with E-state index in [1.807, 2.05) is 42.2 Å². The largest absolute Gasteiger partial charge is 0.496 e. The van der Waals surface area contributed by atoms with Crippen LogP contribution in [0, 0.1) is 5.41 Å². The van der Waals surface area contributed by atoms with Gasteiger partial charge in [-0.15, -0.1) is 0 Å². The van der Waals surface area contributed by atoms with Crippen LogP contribution in [0.1, 0.15) is 73.4 Å². The van der Waals surface area contributed by atoms with Crippen LogP contribution < -0.4 is 14.8 Å². The number of fused-ring (bicyclic) bond motifs is 1. The van der Waals surface area contributed by atoms with E-state index < -0.39 is 5.41 Å². The van der Waals surface area contributed by atoms with Crippen molar-refractivity contribution in [3.05, 3.63) is 59.2 Å². The molecule has 2 saturated heterocycles. The number of nitrogens with one attached hydrogen (secondary N) is 1. The average Bonchev–Trinajstić information content (AvgIpc) is 3.47. The van der Waals surface area contributed by atoms with Crippen molar-refractivity contribution in [3.63, 3.8) is 0 Å². The number of carbonyl (C=O) groups excluding carboxylic acids is 2. The van der Waals surface area contributed by atoms with E-state index in [-0.39, 0.29) is 17.9 Å². The molecule has 210 valence electrons. The normalized spacial score (nSPS) is 22.3. The van der Waals surface area contributed by atoms with Crippen LogP contribution in [0.4, 0.5) is 0 Å². The summed E-state index contributed by atoms with van der Waals surface area (Å²) in [6.45, 7) is 6.62. The first-order valence-corrected chi connectivity index (χ1v) is 14.7. The molecule has 39 heavy (non-hydrogen) atoms. The van der Waals surface area contributed by atoms with Gasteiger partial charge in [0.2, 0.25) is 5.91 Å². The van der Waals surface area contributed by atoms with E-state index in [4.69, 9.17) is 9.47 Å². The fraction of sp³-hybridized carbons (Fsp3) is 0.562. The maximum absolute atomic E-state index is 13.6. The molecule has 1 atom stereocenters. The number of likely N-dealkylation sites (tertiary alicyclic amines) is 2. The summed E-state index contributed by atoms with van der Waals surface area (Å²) in [4.78, 5) is 31.5. The molecule has 0 radical (unpaired) electrons. The Balaban J connectivity index is 1.25. The summed E-state index contributed by atoms with van der Waals surface area (Å²) in [5.74, 6) is 1.91. The second kappa shape index (κ2) is 12.4. The minimum Gasteiger partial charge on any atom is -0.496 e. The Kier molecular flexibility index (Phi) is 8.75. The van der Waals surface area contributed by atoms with E-state index in [0.717, 1.165) is 62.4 Å². The predicted molar refractivity (Wildman–Crippen MR) is 152 cm³/mol. The van der Waals surface area contributed by atoms with Crippen LogP contribution in [0.15, 0.2) is 42.5 Å². The molecule has 2 amide bonds. The number of methoxy groups -OCH3 is 1. The highest BCUT2D eigenvalue weighted by Gasteiger charge is 2.42. The monoisotopic (exact) mass is 533 g/mol. The molecule has 0 aliphatic carbocycles. The van der Waals surface area contributed by atoms with Crippen LogP contribution in [-0.4, -0.2) is 67.6 Å². The van der Waals surface area contributed by atoms with Crippen LogP contribution in [0.3, 0.4) is 0 Å². The highest BCUT2D eigenvalue weighted by atomic mass is 16.5. The molecular weight excluding hydrogens is 490 g/mol. The first-order chi connectivity index (χ1) is 19.0. The zero-order valence-electron chi connectivity index (χ0n) is 23.5. The fourth-order valence-electron chi connectivity index (χ4n) is 6.39. The van der Waals surface area contributed by atoms with Gasteiger partial charge in [-0.3, -0.25) is 14.5 Å². The molecule has 0 unspecified atom stereocenters. The molecule has 7 nitrogen and oxygen atoms in total. The number of hydrogen-bond acceptors (Lipinski definition) is 5. The van der Waals surface area contributed by atoms with Crippen molar-refractivity contribution >= 4 is 11.8 Å². The second-order valence-electron chi connectivity index (χ2n) is 11.6. The lowest BCUT2D eigenvalue weighted by Crippen LogP contribution is -2.52. The molecule has 1 spiro atoms. The lowest BCUT2D eigenvalue weighted by molar-refractivity contribution is -0.135. The zero-order valence-corrected chi connectivity index (χ0v) is 23.5. The van der Waals surface area contributed by atoms with Crippen LogP contribution >= 0.6 is 0 Å². The third kappa shape index (κ3) is 6.40. The SMILES string of the molecule is COc1ccc(C(=O)N2CCC3(CCCCc4ccccc4OC[C@H](C)NC3=O)CC2)cc1CN1CCCC1. The second-order valence-corrected chi connectivity index (χ2v) is 11.6. The summed E-state index contributed by atoms with van der Waals surface area (Å²) >= 11 is 0. The number of benzene rings is 2. The van der Waals surface area contributed by atoms with Crippen molar-refractivity contribution in [1.82, 2.24) is 15.1 Å². The lowest BCUT2D eigenvalue weighted by atomic mass is 9.73. The van der Waals surface area contributed by atoms with Gasteiger partial charge in [-0.25, -0.2) is 0 Å². The Morgan fingerprint density at radius 2 is 1.79 bits per heavy atom. The van der Waals surface area contributed by atoms with Gasteiger partial charge in [0.25, 0.3) is 5.91 Å². The molecule has 3 aliphatic rings. The van der Waals surface area contributed by atoms with Gasteiger partial charge in [-0.1, -0.05) is 24.6 Å². The first-order valence-electron chi connectivity index (χ1n) is 14.7. The zero-order chi connectivity index (χ0) is 27.2. The third-order valence-corrected chi connectivity index (χ3v) is 8.80. The lowest BCUT2D eigenvalue weighted by Gasteiger charge is -2.41. The number of rotatable bonds is 4. The molecule has 2 fully saturated rings. The number of nitrogens with zero attached hydrogens (tertiary/aromatic N) is 2. The van der Waals surface area contributed by atoms with E-state index in [1.54, 1.807) is 7.11 Å². The van der Waals surface area contributed by atoms with Gasteiger partial charge in [-0.05, 0) is 94.8 Å². The number of amides is 2. The summed E-state index contributed by atoms with van der Waals surface area (Å²) in [6.07, 6.45) is 7.61. The number of para-hydroxylation sites is 1. The minimum atomic E-state index is -0.440. The molecule has 3 aliphatic heterocycles.